The highest BCUT2D eigenvalue weighted by Crippen LogP contribution is 2.53. The van der Waals surface area contributed by atoms with Crippen LogP contribution in [0, 0.1) is 0 Å². The molecule has 1 fully saturated rings. The Morgan fingerprint density at radius 3 is 2.50 bits per heavy atom. The maximum atomic E-state index is 9.80. The fourth-order valence-electron chi connectivity index (χ4n) is 2.10. The Labute approximate surface area is 103 Å². The van der Waals surface area contributed by atoms with Crippen LogP contribution in [0.25, 0.3) is 0 Å². The minimum atomic E-state index is -0.381. The van der Waals surface area contributed by atoms with E-state index in [1.165, 1.54) is 7.11 Å². The van der Waals surface area contributed by atoms with E-state index in [2.05, 4.69) is 15.9 Å². The van der Waals surface area contributed by atoms with Crippen molar-refractivity contribution in [3.63, 3.8) is 0 Å². The lowest BCUT2D eigenvalue weighted by molar-refractivity contribution is 0.150. The van der Waals surface area contributed by atoms with Crippen LogP contribution < -0.4 is 4.74 Å². The number of ether oxygens (including phenoxy) is 1. The van der Waals surface area contributed by atoms with Gasteiger partial charge in [-0.1, -0.05) is 0 Å². The van der Waals surface area contributed by atoms with Crippen molar-refractivity contribution >= 4 is 15.9 Å². The van der Waals surface area contributed by atoms with Crippen LogP contribution in [0.3, 0.4) is 0 Å². The highest BCUT2D eigenvalue weighted by atomic mass is 79.9. The topological polar surface area (TPSA) is 49.7 Å². The minimum absolute atomic E-state index is 0.104. The molecule has 0 spiro atoms. The molecule has 16 heavy (non-hydrogen) atoms. The molecule has 2 rings (SSSR count). The number of rotatable bonds is 3. The van der Waals surface area contributed by atoms with Crippen molar-refractivity contribution in [2.24, 2.45) is 0 Å². The number of aromatic hydroxyl groups is 1. The Morgan fingerprint density at radius 2 is 2.06 bits per heavy atom. The van der Waals surface area contributed by atoms with Gasteiger partial charge in [-0.05, 0) is 53.4 Å². The van der Waals surface area contributed by atoms with Gasteiger partial charge >= 0.3 is 0 Å². The largest absolute Gasteiger partial charge is 0.503 e. The van der Waals surface area contributed by atoms with Gasteiger partial charge in [-0.25, -0.2) is 0 Å². The summed E-state index contributed by atoms with van der Waals surface area (Å²) in [5.74, 6) is 0.545. The quantitative estimate of drug-likeness (QED) is 0.898. The van der Waals surface area contributed by atoms with Gasteiger partial charge in [-0.2, -0.15) is 0 Å². The Morgan fingerprint density at radius 1 is 1.44 bits per heavy atom. The summed E-state index contributed by atoms with van der Waals surface area (Å²) in [5.41, 5.74) is 0.868. The van der Waals surface area contributed by atoms with E-state index in [0.717, 1.165) is 18.4 Å². The summed E-state index contributed by atoms with van der Waals surface area (Å²) >= 11 is 3.30. The lowest BCUT2D eigenvalue weighted by Gasteiger charge is -2.20. The molecule has 1 aliphatic carbocycles. The molecule has 1 saturated carbocycles. The molecule has 0 amide bonds. The summed E-state index contributed by atoms with van der Waals surface area (Å²) in [6.45, 7) is 1.81. The minimum Gasteiger partial charge on any atom is -0.503 e. The van der Waals surface area contributed by atoms with E-state index in [0.29, 0.717) is 10.2 Å². The summed E-state index contributed by atoms with van der Waals surface area (Å²) in [6.07, 6.45) is 1.57. The summed E-state index contributed by atoms with van der Waals surface area (Å²) in [7, 11) is 1.52. The van der Waals surface area contributed by atoms with Crippen molar-refractivity contribution in [3.05, 3.63) is 22.2 Å². The Balaban J connectivity index is 2.47. The first-order chi connectivity index (χ1) is 7.51. The molecule has 0 bridgehead atoms. The standard InChI is InChI=1S/C12H15BrO3/c1-7(14)12(3-4-12)8-5-9(13)11(15)10(6-8)16-2/h5-7,14-15H,3-4H2,1-2H3. The van der Waals surface area contributed by atoms with Crippen LogP contribution in [0.5, 0.6) is 11.5 Å². The molecule has 0 saturated heterocycles. The predicted molar refractivity (Wildman–Crippen MR) is 65.0 cm³/mol. The summed E-state index contributed by atoms with van der Waals surface area (Å²) in [4.78, 5) is 0. The van der Waals surface area contributed by atoms with Gasteiger partial charge in [0.15, 0.2) is 11.5 Å². The normalized spacial score (nSPS) is 19.2. The Kier molecular flexibility index (Phi) is 2.88. The van der Waals surface area contributed by atoms with Crippen LogP contribution >= 0.6 is 15.9 Å². The molecule has 0 aromatic heterocycles. The van der Waals surface area contributed by atoms with Crippen molar-refractivity contribution in [1.82, 2.24) is 0 Å². The number of methoxy groups -OCH3 is 1. The predicted octanol–water partition coefficient (Wildman–Crippen LogP) is 2.58. The highest BCUT2D eigenvalue weighted by Gasteiger charge is 2.48. The van der Waals surface area contributed by atoms with Gasteiger partial charge < -0.3 is 14.9 Å². The molecule has 2 N–H and O–H groups in total. The maximum absolute atomic E-state index is 9.80. The summed E-state index contributed by atoms with van der Waals surface area (Å²) in [5, 5.41) is 19.5. The molecule has 1 aromatic rings. The van der Waals surface area contributed by atoms with Gasteiger partial charge in [0.2, 0.25) is 0 Å². The fourth-order valence-corrected chi connectivity index (χ4v) is 2.54. The van der Waals surface area contributed by atoms with Crippen molar-refractivity contribution in [2.75, 3.05) is 7.11 Å². The second-order valence-corrected chi connectivity index (χ2v) is 5.20. The Hall–Kier alpha value is -0.740. The van der Waals surface area contributed by atoms with Crippen molar-refractivity contribution < 1.29 is 14.9 Å². The van der Waals surface area contributed by atoms with E-state index in [9.17, 15) is 10.2 Å². The monoisotopic (exact) mass is 286 g/mol. The van der Waals surface area contributed by atoms with Crippen molar-refractivity contribution in [3.8, 4) is 11.5 Å². The van der Waals surface area contributed by atoms with Gasteiger partial charge in [0, 0.05) is 5.41 Å². The Bertz CT molecular complexity index is 411. The third kappa shape index (κ3) is 1.70. The van der Waals surface area contributed by atoms with Crippen LogP contribution in [0.4, 0.5) is 0 Å². The first-order valence-electron chi connectivity index (χ1n) is 5.26. The molecule has 1 aromatic carbocycles. The highest BCUT2D eigenvalue weighted by molar-refractivity contribution is 9.10. The second-order valence-electron chi connectivity index (χ2n) is 4.34. The van der Waals surface area contributed by atoms with Crippen molar-refractivity contribution in [1.29, 1.82) is 0 Å². The lowest BCUT2D eigenvalue weighted by Crippen LogP contribution is -2.22. The van der Waals surface area contributed by atoms with E-state index >= 15 is 0 Å². The number of aliphatic hydroxyl groups is 1. The molecule has 0 heterocycles. The average molecular weight is 287 g/mol. The van der Waals surface area contributed by atoms with E-state index in [1.54, 1.807) is 13.0 Å². The molecule has 0 aliphatic heterocycles. The third-order valence-electron chi connectivity index (χ3n) is 3.41. The van der Waals surface area contributed by atoms with E-state index in [4.69, 9.17) is 4.74 Å². The van der Waals surface area contributed by atoms with Crippen LogP contribution in [0.1, 0.15) is 25.3 Å². The molecule has 0 radical (unpaired) electrons. The van der Waals surface area contributed by atoms with E-state index in [-0.39, 0.29) is 17.3 Å². The smallest absolute Gasteiger partial charge is 0.172 e. The van der Waals surface area contributed by atoms with Crippen LogP contribution in [-0.4, -0.2) is 23.4 Å². The summed E-state index contributed by atoms with van der Waals surface area (Å²) < 4.78 is 5.71. The van der Waals surface area contributed by atoms with Gasteiger partial charge in [0.1, 0.15) is 0 Å². The zero-order valence-corrected chi connectivity index (χ0v) is 10.9. The van der Waals surface area contributed by atoms with Crippen molar-refractivity contribution in [2.45, 2.75) is 31.3 Å². The molecular weight excluding hydrogens is 272 g/mol. The molecule has 88 valence electrons. The fraction of sp³-hybridized carbons (Fsp3) is 0.500. The molecular formula is C12H15BrO3. The maximum Gasteiger partial charge on any atom is 0.172 e. The van der Waals surface area contributed by atoms with Gasteiger partial charge in [0.05, 0.1) is 17.7 Å². The lowest BCUT2D eigenvalue weighted by atomic mass is 9.90. The number of aliphatic hydroxyl groups excluding tert-OH is 1. The zero-order chi connectivity index (χ0) is 11.9. The third-order valence-corrected chi connectivity index (χ3v) is 4.02. The van der Waals surface area contributed by atoms with Crippen LogP contribution in [-0.2, 0) is 5.41 Å². The number of hydrogen-bond donors (Lipinski definition) is 2. The summed E-state index contributed by atoms with van der Waals surface area (Å²) in [6, 6.07) is 3.66. The SMILES string of the molecule is COc1cc(C2(C(C)O)CC2)cc(Br)c1O. The van der Waals surface area contributed by atoms with E-state index in [1.807, 2.05) is 6.07 Å². The first kappa shape index (κ1) is 11.7. The number of benzene rings is 1. The number of hydrogen-bond acceptors (Lipinski definition) is 3. The van der Waals surface area contributed by atoms with Crippen LogP contribution in [0.2, 0.25) is 0 Å². The van der Waals surface area contributed by atoms with Gasteiger partial charge in [0.25, 0.3) is 0 Å². The molecule has 1 atom stereocenters. The van der Waals surface area contributed by atoms with Crippen LogP contribution in [0.15, 0.2) is 16.6 Å². The number of phenols is 1. The molecule has 1 unspecified atom stereocenters. The van der Waals surface area contributed by atoms with Gasteiger partial charge in [-0.3, -0.25) is 0 Å². The molecule has 4 heteroatoms. The first-order valence-corrected chi connectivity index (χ1v) is 6.05. The zero-order valence-electron chi connectivity index (χ0n) is 9.33. The number of halogens is 1. The number of phenolic OH excluding ortho intramolecular Hbond substituents is 1. The van der Waals surface area contributed by atoms with Gasteiger partial charge in [-0.15, -0.1) is 0 Å². The molecule has 1 aliphatic rings. The second kappa shape index (κ2) is 3.93. The van der Waals surface area contributed by atoms with E-state index < -0.39 is 0 Å². The average Bonchev–Trinajstić information content (AvgIpc) is 3.02. The molecule has 3 nitrogen and oxygen atoms in total.